The van der Waals surface area contributed by atoms with E-state index in [1.54, 1.807) is 32.1 Å². The fourth-order valence-corrected chi connectivity index (χ4v) is 6.12. The molecule has 0 radical (unpaired) electrons. The molecular formula is C28H43NO5S. The van der Waals surface area contributed by atoms with Gasteiger partial charge >= 0.3 is 5.97 Å². The van der Waals surface area contributed by atoms with Crippen LogP contribution >= 0.6 is 11.3 Å². The average molecular weight is 506 g/mol. The number of aromatic nitrogens is 1. The van der Waals surface area contributed by atoms with E-state index < -0.39 is 35.6 Å². The molecule has 1 saturated carbocycles. The molecule has 35 heavy (non-hydrogen) atoms. The number of hydrogen-bond acceptors (Lipinski definition) is 7. The van der Waals surface area contributed by atoms with E-state index in [-0.39, 0.29) is 23.5 Å². The van der Waals surface area contributed by atoms with E-state index in [9.17, 15) is 19.8 Å². The van der Waals surface area contributed by atoms with Crippen molar-refractivity contribution in [2.75, 3.05) is 0 Å². The van der Waals surface area contributed by atoms with E-state index in [1.165, 1.54) is 0 Å². The number of nitrogens with zero attached hydrogens (tertiary/aromatic N) is 1. The first-order valence-corrected chi connectivity index (χ1v) is 13.8. The number of Topliss-reactive ketones (excluding diaryl/α,β-unsaturated/α-hetero) is 1. The zero-order valence-corrected chi connectivity index (χ0v) is 23.2. The Balaban J connectivity index is 1.85. The molecule has 3 rings (SSSR count). The summed E-state index contributed by atoms with van der Waals surface area (Å²) >= 11 is 1.58. The van der Waals surface area contributed by atoms with Crippen LogP contribution in [-0.4, -0.2) is 45.3 Å². The number of aliphatic hydroxyl groups is 2. The summed E-state index contributed by atoms with van der Waals surface area (Å²) in [6.07, 6.45) is 4.06. The molecular weight excluding hydrogens is 462 g/mol. The number of carbonyl (C=O) groups is 2. The maximum absolute atomic E-state index is 13.2. The van der Waals surface area contributed by atoms with Crippen molar-refractivity contribution in [3.63, 3.8) is 0 Å². The van der Waals surface area contributed by atoms with Crippen LogP contribution in [0.4, 0.5) is 0 Å². The van der Waals surface area contributed by atoms with Gasteiger partial charge in [-0.15, -0.1) is 11.3 Å². The second kappa shape index (κ2) is 10.8. The van der Waals surface area contributed by atoms with Crippen molar-refractivity contribution in [3.05, 3.63) is 21.7 Å². The predicted octanol–water partition coefficient (Wildman–Crippen LogP) is 5.35. The van der Waals surface area contributed by atoms with Crippen LogP contribution in [0.15, 0.2) is 11.0 Å². The monoisotopic (exact) mass is 505 g/mol. The summed E-state index contributed by atoms with van der Waals surface area (Å²) in [6, 6.07) is 0. The van der Waals surface area contributed by atoms with Gasteiger partial charge in [0.05, 0.1) is 34.7 Å². The molecule has 0 amide bonds. The highest BCUT2D eigenvalue weighted by Gasteiger charge is 2.50. The summed E-state index contributed by atoms with van der Waals surface area (Å²) in [7, 11) is 0. The molecule has 1 unspecified atom stereocenters. The van der Waals surface area contributed by atoms with Crippen LogP contribution in [0.1, 0.15) is 90.8 Å². The summed E-state index contributed by atoms with van der Waals surface area (Å²) in [5, 5.41) is 24.7. The molecule has 2 heterocycles. The zero-order chi connectivity index (χ0) is 26.1. The zero-order valence-electron chi connectivity index (χ0n) is 22.3. The molecule has 7 heteroatoms. The Morgan fingerprint density at radius 3 is 2.54 bits per heavy atom. The van der Waals surface area contributed by atoms with Gasteiger partial charge in [-0.3, -0.25) is 9.59 Å². The third kappa shape index (κ3) is 6.60. The molecule has 1 aliphatic carbocycles. The van der Waals surface area contributed by atoms with Crippen LogP contribution in [0.5, 0.6) is 0 Å². The van der Waals surface area contributed by atoms with Gasteiger partial charge in [0.2, 0.25) is 0 Å². The van der Waals surface area contributed by atoms with Crippen LogP contribution in [0.2, 0.25) is 0 Å². The lowest BCUT2D eigenvalue weighted by molar-refractivity contribution is -0.154. The fraction of sp³-hybridized carbons (Fsp3) is 0.750. The van der Waals surface area contributed by atoms with Crippen LogP contribution < -0.4 is 0 Å². The molecule has 7 atom stereocenters. The molecule has 1 aromatic heterocycles. The van der Waals surface area contributed by atoms with Gasteiger partial charge in [0.15, 0.2) is 0 Å². The molecule has 0 bridgehead atoms. The first-order valence-electron chi connectivity index (χ1n) is 12.9. The number of aryl methyl sites for hydroxylation is 1. The number of rotatable bonds is 2. The van der Waals surface area contributed by atoms with Crippen molar-refractivity contribution in [2.24, 2.45) is 28.6 Å². The number of esters is 1. The third-order valence-corrected chi connectivity index (χ3v) is 9.37. The van der Waals surface area contributed by atoms with Gasteiger partial charge in [0.25, 0.3) is 0 Å². The topological polar surface area (TPSA) is 96.7 Å². The van der Waals surface area contributed by atoms with Crippen molar-refractivity contribution in [2.45, 2.75) is 105 Å². The molecule has 1 aromatic rings. The fourth-order valence-electron chi connectivity index (χ4n) is 5.55. The van der Waals surface area contributed by atoms with Gasteiger partial charge in [-0.05, 0) is 68.4 Å². The minimum atomic E-state index is -1.20. The minimum absolute atomic E-state index is 0.0138. The number of aliphatic hydroxyl groups excluding tert-OH is 2. The predicted molar refractivity (Wildman–Crippen MR) is 139 cm³/mol. The number of thiazole rings is 1. The number of fused-ring (bicyclic) bond motifs is 1. The summed E-state index contributed by atoms with van der Waals surface area (Å²) in [4.78, 5) is 30.7. The molecule has 0 spiro atoms. The van der Waals surface area contributed by atoms with Gasteiger partial charge in [-0.2, -0.15) is 0 Å². The van der Waals surface area contributed by atoms with Crippen LogP contribution in [0, 0.1) is 35.5 Å². The van der Waals surface area contributed by atoms with Crippen molar-refractivity contribution in [3.8, 4) is 0 Å². The number of cyclic esters (lactones) is 1. The van der Waals surface area contributed by atoms with Crippen LogP contribution in [-0.2, 0) is 14.3 Å². The van der Waals surface area contributed by atoms with E-state index in [0.29, 0.717) is 5.92 Å². The van der Waals surface area contributed by atoms with Crippen LogP contribution in [0.25, 0.3) is 6.08 Å². The molecule has 2 N–H and O–H groups in total. The summed E-state index contributed by atoms with van der Waals surface area (Å²) in [5.41, 5.74) is 0.825. The number of ketones is 1. The number of hydrogen-bond donors (Lipinski definition) is 2. The van der Waals surface area contributed by atoms with E-state index >= 15 is 0 Å². The normalized spacial score (nSPS) is 37.5. The Hall–Kier alpha value is -1.57. The Bertz CT molecular complexity index is 953. The minimum Gasteiger partial charge on any atom is -0.458 e. The van der Waals surface area contributed by atoms with Gasteiger partial charge in [0.1, 0.15) is 11.9 Å². The molecule has 0 aromatic carbocycles. The largest absolute Gasteiger partial charge is 0.458 e. The van der Waals surface area contributed by atoms with Gasteiger partial charge in [0, 0.05) is 11.3 Å². The lowest BCUT2D eigenvalue weighted by Gasteiger charge is -2.34. The summed E-state index contributed by atoms with van der Waals surface area (Å²) < 4.78 is 5.95. The highest BCUT2D eigenvalue weighted by molar-refractivity contribution is 7.09. The molecule has 2 aliphatic rings. The number of ether oxygens (including phenoxy) is 1. The van der Waals surface area contributed by atoms with Crippen molar-refractivity contribution in [1.29, 1.82) is 0 Å². The first-order chi connectivity index (χ1) is 16.2. The maximum Gasteiger partial charge on any atom is 0.309 e. The Morgan fingerprint density at radius 1 is 1.23 bits per heavy atom. The van der Waals surface area contributed by atoms with E-state index in [4.69, 9.17) is 4.74 Å². The smallest absolute Gasteiger partial charge is 0.309 e. The van der Waals surface area contributed by atoms with Crippen molar-refractivity contribution in [1.82, 2.24) is 4.98 Å². The quantitative estimate of drug-likeness (QED) is 0.526. The highest BCUT2D eigenvalue weighted by Crippen LogP contribution is 2.58. The Labute approximate surface area is 214 Å². The molecule has 1 aliphatic heterocycles. The van der Waals surface area contributed by atoms with Crippen LogP contribution in [0.3, 0.4) is 0 Å². The third-order valence-electron chi connectivity index (χ3n) is 8.58. The highest BCUT2D eigenvalue weighted by atomic mass is 32.1. The van der Waals surface area contributed by atoms with Gasteiger partial charge in [-0.1, -0.05) is 41.0 Å². The van der Waals surface area contributed by atoms with Gasteiger partial charge < -0.3 is 14.9 Å². The SMILES string of the molecule is C/C(=C\c1csc(C)n1)[C@@H]1C[C@@H]2C[C@@]2(C)CCC[C@H](C)C(O)[C@@H](C)C(=O)C(C)(C)[C@@H](O)CC(=O)O1. The van der Waals surface area contributed by atoms with E-state index in [2.05, 4.69) is 11.9 Å². The number of carbonyl (C=O) groups excluding carboxylic acids is 2. The van der Waals surface area contributed by atoms with Gasteiger partial charge in [-0.25, -0.2) is 4.98 Å². The lowest BCUT2D eigenvalue weighted by atomic mass is 9.73. The van der Waals surface area contributed by atoms with Crippen molar-refractivity contribution >= 4 is 29.2 Å². The maximum atomic E-state index is 13.2. The molecule has 6 nitrogen and oxygen atoms in total. The molecule has 1 saturated heterocycles. The van der Waals surface area contributed by atoms with Crippen molar-refractivity contribution < 1.29 is 24.5 Å². The second-order valence-corrected chi connectivity index (χ2v) is 13.0. The standard InChI is InChI=1S/C28H43NO5S/c1-16-9-8-10-28(7)14-20(28)12-22(17(2)11-21-15-35-19(4)29-21)34-24(31)13-23(30)27(5,6)26(33)18(3)25(16)32/h11,15-16,18,20,22-23,25,30,32H,8-10,12-14H2,1-7H3/b17-11+/t16-,18+,20+,22-,23-,25?,28+/m0/s1. The first kappa shape index (κ1) is 28.0. The van der Waals surface area contributed by atoms with E-state index in [1.807, 2.05) is 32.2 Å². The Morgan fingerprint density at radius 2 is 1.91 bits per heavy atom. The Kier molecular flexibility index (Phi) is 8.65. The summed E-state index contributed by atoms with van der Waals surface area (Å²) in [5.74, 6) is -0.926. The lowest BCUT2D eigenvalue weighted by Crippen LogP contribution is -2.45. The average Bonchev–Trinajstić information content (AvgIpc) is 3.22. The summed E-state index contributed by atoms with van der Waals surface area (Å²) in [6.45, 7) is 13.2. The second-order valence-electron chi connectivity index (χ2n) is 11.9. The van der Waals surface area contributed by atoms with E-state index in [0.717, 1.165) is 48.4 Å². The molecule has 196 valence electrons. The molecule has 2 fully saturated rings.